The number of benzene rings is 1. The van der Waals surface area contributed by atoms with E-state index in [1.807, 2.05) is 29.2 Å². The number of amides is 1. The number of nitrogens with zero attached hydrogens (tertiary/aromatic N) is 2. The molecule has 0 unspecified atom stereocenters. The highest BCUT2D eigenvalue weighted by Gasteiger charge is 2.51. The minimum atomic E-state index is -2.79. The zero-order valence-electron chi connectivity index (χ0n) is 19.0. The number of anilines is 1. The summed E-state index contributed by atoms with van der Waals surface area (Å²) >= 11 is 0. The third kappa shape index (κ3) is 3.06. The Hall–Kier alpha value is -2.74. The number of rotatable bonds is 2. The van der Waals surface area contributed by atoms with Crippen molar-refractivity contribution in [3.8, 4) is 11.4 Å². The van der Waals surface area contributed by atoms with E-state index in [9.17, 15) is 13.6 Å². The smallest absolute Gasteiger partial charge is 0.257 e. The van der Waals surface area contributed by atoms with Gasteiger partial charge in [0.2, 0.25) is 5.91 Å². The number of nitrogens with one attached hydrogen (secondary N) is 3. The molecule has 2 aromatic heterocycles. The molecule has 2 fully saturated rings. The van der Waals surface area contributed by atoms with Gasteiger partial charge in [-0.25, -0.2) is 8.78 Å². The molecular formula is C25H29F2N5O. The van der Waals surface area contributed by atoms with E-state index in [4.69, 9.17) is 0 Å². The fourth-order valence-corrected chi connectivity index (χ4v) is 5.84. The van der Waals surface area contributed by atoms with Gasteiger partial charge in [-0.15, -0.1) is 0 Å². The lowest BCUT2D eigenvalue weighted by atomic mass is 9.73. The van der Waals surface area contributed by atoms with Crippen molar-refractivity contribution < 1.29 is 13.6 Å². The zero-order valence-corrected chi connectivity index (χ0v) is 19.0. The number of alkyl halides is 2. The van der Waals surface area contributed by atoms with Gasteiger partial charge >= 0.3 is 0 Å². The number of hydrogen-bond acceptors (Lipinski definition) is 3. The van der Waals surface area contributed by atoms with Crippen LogP contribution in [0.3, 0.4) is 0 Å². The fraction of sp³-hybridized carbons (Fsp3) is 0.520. The lowest BCUT2D eigenvalue weighted by Gasteiger charge is -2.37. The van der Waals surface area contributed by atoms with Crippen LogP contribution in [0.4, 0.5) is 14.5 Å². The largest absolute Gasteiger partial charge is 0.353 e. The first-order valence-corrected chi connectivity index (χ1v) is 11.8. The van der Waals surface area contributed by atoms with Gasteiger partial charge < -0.3 is 15.2 Å². The van der Waals surface area contributed by atoms with E-state index in [0.29, 0.717) is 11.3 Å². The molecule has 3 N–H and O–H groups in total. The molecule has 6 nitrogen and oxygen atoms in total. The van der Waals surface area contributed by atoms with E-state index in [1.54, 1.807) is 13.8 Å². The van der Waals surface area contributed by atoms with Crippen molar-refractivity contribution in [1.29, 1.82) is 0 Å². The summed E-state index contributed by atoms with van der Waals surface area (Å²) in [6.45, 7) is 5.73. The Balaban J connectivity index is 1.33. The molecule has 3 aromatic rings. The lowest BCUT2D eigenvalue weighted by molar-refractivity contribution is -0.126. The topological polar surface area (TPSA) is 76.8 Å². The second-order valence-electron chi connectivity index (χ2n) is 10.7. The van der Waals surface area contributed by atoms with Crippen LogP contribution in [-0.4, -0.2) is 46.6 Å². The Morgan fingerprint density at radius 3 is 2.64 bits per heavy atom. The van der Waals surface area contributed by atoms with Crippen molar-refractivity contribution in [3.63, 3.8) is 0 Å². The van der Waals surface area contributed by atoms with Crippen LogP contribution >= 0.6 is 0 Å². The number of aromatic nitrogens is 3. The molecule has 0 saturated carbocycles. The average molecular weight is 454 g/mol. The standard InChI is InChI=1S/C25H29F2N5O/c1-23(2)14-20-17(13-25(23,26)27)21(31-30-20)19-11-15-3-4-16(12-18(15)29-19)32-10-7-24(22(32)33)5-8-28-9-6-24/h3-4,11-12,28-29H,5-10,13-14H2,1-2H3,(H,30,31). The first-order valence-electron chi connectivity index (χ1n) is 11.8. The third-order valence-corrected chi connectivity index (χ3v) is 8.21. The van der Waals surface area contributed by atoms with Crippen LogP contribution in [0.25, 0.3) is 22.3 Å². The molecule has 2 aliphatic heterocycles. The van der Waals surface area contributed by atoms with Gasteiger partial charge in [0.15, 0.2) is 0 Å². The Morgan fingerprint density at radius 1 is 1.06 bits per heavy atom. The molecule has 1 aromatic carbocycles. The van der Waals surface area contributed by atoms with E-state index < -0.39 is 11.3 Å². The van der Waals surface area contributed by atoms with Crippen LogP contribution in [0.15, 0.2) is 24.3 Å². The van der Waals surface area contributed by atoms with Gasteiger partial charge in [0, 0.05) is 52.6 Å². The monoisotopic (exact) mass is 453 g/mol. The Kier molecular flexibility index (Phi) is 4.35. The van der Waals surface area contributed by atoms with E-state index in [-0.39, 0.29) is 24.2 Å². The summed E-state index contributed by atoms with van der Waals surface area (Å²) in [5, 5.41) is 11.7. The third-order valence-electron chi connectivity index (χ3n) is 8.21. The molecule has 1 aliphatic carbocycles. The van der Waals surface area contributed by atoms with Crippen molar-refractivity contribution in [1.82, 2.24) is 20.5 Å². The van der Waals surface area contributed by atoms with Gasteiger partial charge in [0.25, 0.3) is 5.92 Å². The maximum Gasteiger partial charge on any atom is 0.257 e. The Labute approximate surface area is 191 Å². The Morgan fingerprint density at radius 2 is 1.85 bits per heavy atom. The second kappa shape index (κ2) is 6.88. The maximum absolute atomic E-state index is 14.8. The second-order valence-corrected chi connectivity index (χ2v) is 10.7. The van der Waals surface area contributed by atoms with Gasteiger partial charge in [0.1, 0.15) is 5.69 Å². The summed E-state index contributed by atoms with van der Waals surface area (Å²) < 4.78 is 29.5. The molecule has 4 heterocycles. The quantitative estimate of drug-likeness (QED) is 0.538. The van der Waals surface area contributed by atoms with Crippen LogP contribution in [-0.2, 0) is 17.6 Å². The van der Waals surface area contributed by atoms with Crippen LogP contribution in [0.1, 0.15) is 44.4 Å². The van der Waals surface area contributed by atoms with Crippen molar-refractivity contribution in [2.24, 2.45) is 10.8 Å². The summed E-state index contributed by atoms with van der Waals surface area (Å²) in [5.41, 5.74) is 3.08. The van der Waals surface area contributed by atoms with E-state index >= 15 is 0 Å². The summed E-state index contributed by atoms with van der Waals surface area (Å²) in [4.78, 5) is 18.6. The summed E-state index contributed by atoms with van der Waals surface area (Å²) in [6.07, 6.45) is 2.62. The van der Waals surface area contributed by atoms with Gasteiger partial charge in [-0.05, 0) is 50.6 Å². The molecule has 0 atom stereocenters. The van der Waals surface area contributed by atoms with Crippen molar-refractivity contribution in [2.75, 3.05) is 24.5 Å². The minimum absolute atomic E-state index is 0.223. The lowest BCUT2D eigenvalue weighted by Crippen LogP contribution is -2.43. The summed E-state index contributed by atoms with van der Waals surface area (Å²) in [6, 6.07) is 7.91. The SMILES string of the molecule is CC1(C)Cc2[nH]nc(-c3cc4ccc(N5CCC6(CCNCC6)C5=O)cc4[nH]3)c2CC1(F)F. The van der Waals surface area contributed by atoms with Crippen LogP contribution < -0.4 is 10.2 Å². The summed E-state index contributed by atoms with van der Waals surface area (Å²) in [5.74, 6) is -2.57. The molecule has 1 spiro atoms. The number of carbonyl (C=O) groups is 1. The first kappa shape index (κ1) is 20.8. The number of H-pyrrole nitrogens is 2. The number of hydrogen-bond donors (Lipinski definition) is 3. The van der Waals surface area contributed by atoms with E-state index in [2.05, 4.69) is 20.5 Å². The van der Waals surface area contributed by atoms with Gasteiger partial charge in [-0.2, -0.15) is 5.10 Å². The average Bonchev–Trinajstić information content (AvgIpc) is 3.44. The van der Waals surface area contributed by atoms with Gasteiger partial charge in [-0.1, -0.05) is 19.9 Å². The number of carbonyl (C=O) groups excluding carboxylic acids is 1. The summed E-state index contributed by atoms with van der Waals surface area (Å²) in [7, 11) is 0. The van der Waals surface area contributed by atoms with Gasteiger partial charge in [0.05, 0.1) is 11.1 Å². The molecule has 33 heavy (non-hydrogen) atoms. The normalized spacial score (nSPS) is 23.4. The highest BCUT2D eigenvalue weighted by atomic mass is 19.3. The van der Waals surface area contributed by atoms with E-state index in [0.717, 1.165) is 66.9 Å². The zero-order chi connectivity index (χ0) is 23.0. The highest BCUT2D eigenvalue weighted by molar-refractivity contribution is 6.01. The predicted molar refractivity (Wildman–Crippen MR) is 124 cm³/mol. The first-order chi connectivity index (χ1) is 15.7. The molecule has 0 bridgehead atoms. The van der Waals surface area contributed by atoms with Crippen LogP contribution in [0.2, 0.25) is 0 Å². The van der Waals surface area contributed by atoms with Crippen LogP contribution in [0.5, 0.6) is 0 Å². The van der Waals surface area contributed by atoms with Crippen molar-refractivity contribution in [2.45, 2.75) is 51.9 Å². The number of halogens is 2. The minimum Gasteiger partial charge on any atom is -0.353 e. The van der Waals surface area contributed by atoms with Crippen LogP contribution in [0, 0.1) is 10.8 Å². The molecule has 8 heteroatoms. The number of fused-ring (bicyclic) bond motifs is 2. The van der Waals surface area contributed by atoms with Crippen molar-refractivity contribution >= 4 is 22.5 Å². The predicted octanol–water partition coefficient (Wildman–Crippen LogP) is 4.42. The highest BCUT2D eigenvalue weighted by Crippen LogP contribution is 2.48. The molecule has 3 aliphatic rings. The molecule has 0 radical (unpaired) electrons. The Bertz CT molecular complexity index is 1250. The number of aromatic amines is 2. The van der Waals surface area contributed by atoms with Gasteiger partial charge in [-0.3, -0.25) is 9.89 Å². The van der Waals surface area contributed by atoms with E-state index in [1.165, 1.54) is 0 Å². The number of piperidine rings is 1. The molecule has 1 amide bonds. The molecular weight excluding hydrogens is 424 g/mol. The fourth-order valence-electron chi connectivity index (χ4n) is 5.84. The van der Waals surface area contributed by atoms with Crippen molar-refractivity contribution in [3.05, 3.63) is 35.5 Å². The maximum atomic E-state index is 14.8. The molecule has 174 valence electrons. The molecule has 2 saturated heterocycles. The molecule has 6 rings (SSSR count).